The summed E-state index contributed by atoms with van der Waals surface area (Å²) in [5.41, 5.74) is 2.39. The fourth-order valence-corrected chi connectivity index (χ4v) is 2.53. The Kier molecular flexibility index (Phi) is 2.60. The zero-order valence-corrected chi connectivity index (χ0v) is 10.5. The summed E-state index contributed by atoms with van der Waals surface area (Å²) in [6.45, 7) is 1.90. The maximum absolute atomic E-state index is 12.2. The van der Waals surface area contributed by atoms with Gasteiger partial charge in [-0.1, -0.05) is 12.1 Å². The summed E-state index contributed by atoms with van der Waals surface area (Å²) in [5, 5.41) is 6.37. The molecule has 18 heavy (non-hydrogen) atoms. The minimum absolute atomic E-state index is 0.141. The number of carbonyl (C=O) groups is 1. The zero-order chi connectivity index (χ0) is 12.5. The van der Waals surface area contributed by atoms with Gasteiger partial charge >= 0.3 is 0 Å². The van der Waals surface area contributed by atoms with Crippen LogP contribution in [-0.2, 0) is 0 Å². The molecule has 0 aliphatic rings. The maximum Gasteiger partial charge on any atom is 0.259 e. The third-order valence-corrected chi connectivity index (χ3v) is 3.55. The van der Waals surface area contributed by atoms with Gasteiger partial charge in [0.2, 0.25) is 0 Å². The van der Waals surface area contributed by atoms with Crippen LogP contribution in [0.2, 0.25) is 0 Å². The van der Waals surface area contributed by atoms with Gasteiger partial charge in [-0.3, -0.25) is 10.1 Å². The molecule has 2 N–H and O–H groups in total. The molecule has 4 nitrogen and oxygen atoms in total. The number of H-pyrrole nitrogens is 1. The van der Waals surface area contributed by atoms with Crippen molar-refractivity contribution in [3.63, 3.8) is 0 Å². The molecule has 2 heterocycles. The molecule has 0 saturated heterocycles. The number of aromatic amines is 1. The van der Waals surface area contributed by atoms with Crippen LogP contribution in [0.15, 0.2) is 35.8 Å². The molecule has 90 valence electrons. The number of nitrogens with one attached hydrogen (secondary N) is 2. The molecule has 0 radical (unpaired) electrons. The average molecular weight is 257 g/mol. The summed E-state index contributed by atoms with van der Waals surface area (Å²) in [5.74, 6) is -0.141. The van der Waals surface area contributed by atoms with Crippen molar-refractivity contribution >= 4 is 33.3 Å². The molecule has 0 atom stereocenters. The molecular formula is C13H11N3OS. The predicted molar refractivity (Wildman–Crippen MR) is 73.1 cm³/mol. The summed E-state index contributed by atoms with van der Waals surface area (Å²) >= 11 is 1.43. The number of para-hydroxylation sites is 1. The highest BCUT2D eigenvalue weighted by atomic mass is 32.1. The summed E-state index contributed by atoms with van der Waals surface area (Å²) in [6.07, 6.45) is 1.83. The molecule has 0 aliphatic carbocycles. The number of benzene rings is 1. The largest absolute Gasteiger partial charge is 0.361 e. The molecule has 5 heteroatoms. The summed E-state index contributed by atoms with van der Waals surface area (Å²) in [4.78, 5) is 19.5. The Hall–Kier alpha value is -2.14. The van der Waals surface area contributed by atoms with Crippen LogP contribution >= 0.6 is 11.3 Å². The van der Waals surface area contributed by atoms with Crippen LogP contribution < -0.4 is 5.32 Å². The van der Waals surface area contributed by atoms with E-state index in [2.05, 4.69) is 15.3 Å². The van der Waals surface area contributed by atoms with Crippen LogP contribution in [-0.4, -0.2) is 15.9 Å². The van der Waals surface area contributed by atoms with Gasteiger partial charge in [0.15, 0.2) is 5.13 Å². The molecule has 0 aliphatic heterocycles. The van der Waals surface area contributed by atoms with Gasteiger partial charge in [0.25, 0.3) is 5.91 Å². The zero-order valence-electron chi connectivity index (χ0n) is 9.73. The maximum atomic E-state index is 12.2. The van der Waals surface area contributed by atoms with Gasteiger partial charge in [0.05, 0.1) is 16.8 Å². The first kappa shape index (κ1) is 11.0. The lowest BCUT2D eigenvalue weighted by Crippen LogP contribution is -2.12. The molecule has 0 unspecified atom stereocenters. The fourth-order valence-electron chi connectivity index (χ4n) is 1.85. The third-order valence-electron chi connectivity index (χ3n) is 2.67. The van der Waals surface area contributed by atoms with E-state index < -0.39 is 0 Å². The van der Waals surface area contributed by atoms with Crippen LogP contribution in [0, 0.1) is 6.92 Å². The Labute approximate surface area is 108 Å². The van der Waals surface area contributed by atoms with Crippen LogP contribution in [0.5, 0.6) is 0 Å². The second kappa shape index (κ2) is 4.27. The first-order chi connectivity index (χ1) is 8.74. The van der Waals surface area contributed by atoms with Crippen LogP contribution in [0.3, 0.4) is 0 Å². The number of rotatable bonds is 2. The molecule has 3 rings (SSSR count). The van der Waals surface area contributed by atoms with E-state index in [4.69, 9.17) is 0 Å². The third kappa shape index (κ3) is 1.89. The van der Waals surface area contributed by atoms with Gasteiger partial charge < -0.3 is 4.98 Å². The Morgan fingerprint density at radius 2 is 2.28 bits per heavy atom. The molecule has 1 amide bonds. The minimum atomic E-state index is -0.141. The second-order valence-corrected chi connectivity index (χ2v) is 4.85. The number of thiazole rings is 1. The number of hydrogen-bond donors (Lipinski definition) is 2. The van der Waals surface area contributed by atoms with Crippen molar-refractivity contribution in [2.75, 3.05) is 5.32 Å². The van der Waals surface area contributed by atoms with Crippen molar-refractivity contribution in [3.05, 3.63) is 47.1 Å². The summed E-state index contributed by atoms with van der Waals surface area (Å²) < 4.78 is 0. The highest BCUT2D eigenvalue weighted by molar-refractivity contribution is 7.13. The Morgan fingerprint density at radius 3 is 3.06 bits per heavy atom. The number of aryl methyl sites for hydroxylation is 1. The Balaban J connectivity index is 1.94. The number of amides is 1. The molecule has 0 fully saturated rings. The number of aromatic nitrogens is 2. The Morgan fingerprint density at radius 1 is 1.39 bits per heavy atom. The lowest BCUT2D eigenvalue weighted by molar-refractivity contribution is 0.102. The SMILES string of the molecule is Cc1csc(NC(=O)c2cccc3cc[nH]c23)n1. The van der Waals surface area contributed by atoms with Gasteiger partial charge in [-0.2, -0.15) is 0 Å². The lowest BCUT2D eigenvalue weighted by Gasteiger charge is -2.03. The monoisotopic (exact) mass is 257 g/mol. The minimum Gasteiger partial charge on any atom is -0.361 e. The molecular weight excluding hydrogens is 246 g/mol. The van der Waals surface area contributed by atoms with Crippen molar-refractivity contribution < 1.29 is 4.79 Å². The second-order valence-electron chi connectivity index (χ2n) is 4.00. The van der Waals surface area contributed by atoms with E-state index in [9.17, 15) is 4.79 Å². The standard InChI is InChI=1S/C13H11N3OS/c1-8-7-18-13(15-8)16-12(17)10-4-2-3-9-5-6-14-11(9)10/h2-7,14H,1H3,(H,15,16,17). The number of carbonyl (C=O) groups excluding carboxylic acids is 1. The number of fused-ring (bicyclic) bond motifs is 1. The Bertz CT molecular complexity index is 714. The molecule has 0 spiro atoms. The summed E-state index contributed by atoms with van der Waals surface area (Å²) in [7, 11) is 0. The predicted octanol–water partition coefficient (Wildman–Crippen LogP) is 3.19. The van der Waals surface area contributed by atoms with Crippen molar-refractivity contribution in [2.24, 2.45) is 0 Å². The number of nitrogens with zero attached hydrogens (tertiary/aromatic N) is 1. The highest BCUT2D eigenvalue weighted by Crippen LogP contribution is 2.20. The summed E-state index contributed by atoms with van der Waals surface area (Å²) in [6, 6.07) is 7.59. The highest BCUT2D eigenvalue weighted by Gasteiger charge is 2.12. The lowest BCUT2D eigenvalue weighted by atomic mass is 10.1. The smallest absolute Gasteiger partial charge is 0.259 e. The molecule has 0 saturated carbocycles. The van der Waals surface area contributed by atoms with E-state index in [1.54, 1.807) is 6.07 Å². The van der Waals surface area contributed by atoms with E-state index in [1.165, 1.54) is 11.3 Å². The fraction of sp³-hybridized carbons (Fsp3) is 0.0769. The van der Waals surface area contributed by atoms with Crippen LogP contribution in [0.25, 0.3) is 10.9 Å². The van der Waals surface area contributed by atoms with E-state index >= 15 is 0 Å². The van der Waals surface area contributed by atoms with Crippen molar-refractivity contribution in [3.8, 4) is 0 Å². The van der Waals surface area contributed by atoms with Gasteiger partial charge in [0.1, 0.15) is 0 Å². The van der Waals surface area contributed by atoms with Crippen LogP contribution in [0.1, 0.15) is 16.1 Å². The first-order valence-electron chi connectivity index (χ1n) is 5.53. The number of hydrogen-bond acceptors (Lipinski definition) is 3. The quantitative estimate of drug-likeness (QED) is 0.740. The van der Waals surface area contributed by atoms with Gasteiger partial charge in [0, 0.05) is 17.0 Å². The van der Waals surface area contributed by atoms with Gasteiger partial charge in [-0.25, -0.2) is 4.98 Å². The van der Waals surface area contributed by atoms with E-state index in [1.807, 2.05) is 36.7 Å². The average Bonchev–Trinajstić information content (AvgIpc) is 2.97. The van der Waals surface area contributed by atoms with Crippen LogP contribution in [0.4, 0.5) is 5.13 Å². The van der Waals surface area contributed by atoms with Gasteiger partial charge in [-0.05, 0) is 19.1 Å². The normalized spacial score (nSPS) is 10.7. The van der Waals surface area contributed by atoms with Crippen molar-refractivity contribution in [1.29, 1.82) is 0 Å². The molecule has 0 bridgehead atoms. The van der Waals surface area contributed by atoms with Crippen molar-refractivity contribution in [2.45, 2.75) is 6.92 Å². The van der Waals surface area contributed by atoms with E-state index in [0.717, 1.165) is 16.6 Å². The topological polar surface area (TPSA) is 57.8 Å². The number of anilines is 1. The molecule has 1 aromatic carbocycles. The first-order valence-corrected chi connectivity index (χ1v) is 6.41. The van der Waals surface area contributed by atoms with E-state index in [-0.39, 0.29) is 5.91 Å². The van der Waals surface area contributed by atoms with Crippen molar-refractivity contribution in [1.82, 2.24) is 9.97 Å². The molecule has 3 aromatic rings. The van der Waals surface area contributed by atoms with E-state index in [0.29, 0.717) is 10.7 Å². The van der Waals surface area contributed by atoms with Gasteiger partial charge in [-0.15, -0.1) is 11.3 Å². The molecule has 2 aromatic heterocycles.